The minimum Gasteiger partial charge on any atom is -0.443 e. The molecule has 1 saturated carbocycles. The molecule has 2 aromatic carbocycles. The van der Waals surface area contributed by atoms with Crippen LogP contribution in [0.5, 0.6) is 0 Å². The van der Waals surface area contributed by atoms with Crippen LogP contribution in [0.3, 0.4) is 0 Å². The third-order valence-electron chi connectivity index (χ3n) is 5.47. The van der Waals surface area contributed by atoms with Gasteiger partial charge in [0.15, 0.2) is 0 Å². The first-order valence-corrected chi connectivity index (χ1v) is 10.7. The Morgan fingerprint density at radius 2 is 1.57 bits per heavy atom. The third kappa shape index (κ3) is 5.85. The van der Waals surface area contributed by atoms with Gasteiger partial charge < -0.3 is 10.5 Å². The Kier molecular flexibility index (Phi) is 6.80. The van der Waals surface area contributed by atoms with E-state index in [9.17, 15) is 9.59 Å². The zero-order valence-electron chi connectivity index (χ0n) is 18.2. The number of rotatable bonds is 5. The van der Waals surface area contributed by atoms with Crippen molar-refractivity contribution in [1.82, 2.24) is 0 Å². The number of hydrogen-bond donors (Lipinski definition) is 1. The fraction of sp³-hybridized carbons (Fsp3) is 0.440. The van der Waals surface area contributed by atoms with Crippen LogP contribution in [0.1, 0.15) is 80.3 Å². The van der Waals surface area contributed by atoms with Crippen LogP contribution in [-0.2, 0) is 11.3 Å². The van der Waals surface area contributed by atoms with Gasteiger partial charge in [-0.1, -0.05) is 43.5 Å². The molecule has 0 atom stereocenters. The molecular formula is C25H32N2O3. The van der Waals surface area contributed by atoms with Gasteiger partial charge in [-0.2, -0.15) is 0 Å². The van der Waals surface area contributed by atoms with Crippen molar-refractivity contribution in [2.75, 3.05) is 4.90 Å². The van der Waals surface area contributed by atoms with Gasteiger partial charge in [-0.25, -0.2) is 4.79 Å². The Hall–Kier alpha value is -2.82. The lowest BCUT2D eigenvalue weighted by Crippen LogP contribution is -2.36. The fourth-order valence-electron chi connectivity index (χ4n) is 3.90. The molecule has 2 amide bonds. The molecule has 1 aliphatic rings. The van der Waals surface area contributed by atoms with E-state index in [1.54, 1.807) is 17.0 Å². The lowest BCUT2D eigenvalue weighted by Gasteiger charge is -2.28. The highest BCUT2D eigenvalue weighted by Gasteiger charge is 2.24. The van der Waals surface area contributed by atoms with Crippen molar-refractivity contribution in [3.63, 3.8) is 0 Å². The summed E-state index contributed by atoms with van der Waals surface area (Å²) in [6.07, 6.45) is 5.99. The molecule has 0 aliphatic heterocycles. The predicted octanol–water partition coefficient (Wildman–Crippen LogP) is 5.77. The summed E-state index contributed by atoms with van der Waals surface area (Å²) < 4.78 is 5.65. The summed E-state index contributed by atoms with van der Waals surface area (Å²) in [7, 11) is 0. The third-order valence-corrected chi connectivity index (χ3v) is 5.47. The highest BCUT2D eigenvalue weighted by atomic mass is 16.6. The molecule has 2 aromatic rings. The van der Waals surface area contributed by atoms with E-state index in [4.69, 9.17) is 10.5 Å². The minimum absolute atomic E-state index is 0.344. The van der Waals surface area contributed by atoms with Crippen molar-refractivity contribution in [3.8, 4) is 0 Å². The molecule has 5 nitrogen and oxygen atoms in total. The number of anilines is 1. The van der Waals surface area contributed by atoms with E-state index in [1.165, 1.54) is 37.7 Å². The second-order valence-corrected chi connectivity index (χ2v) is 9.05. The molecule has 30 heavy (non-hydrogen) atoms. The Bertz CT molecular complexity index is 861. The van der Waals surface area contributed by atoms with E-state index in [0.29, 0.717) is 18.0 Å². The molecule has 0 unspecified atom stereocenters. The van der Waals surface area contributed by atoms with Crippen molar-refractivity contribution in [1.29, 1.82) is 0 Å². The summed E-state index contributed by atoms with van der Waals surface area (Å²) in [5.74, 6) is 0.146. The highest BCUT2D eigenvalue weighted by molar-refractivity contribution is 5.92. The maximum absolute atomic E-state index is 13.0. The van der Waals surface area contributed by atoms with E-state index in [1.807, 2.05) is 45.0 Å². The van der Waals surface area contributed by atoms with Gasteiger partial charge in [0.1, 0.15) is 5.60 Å². The van der Waals surface area contributed by atoms with Gasteiger partial charge in [0, 0.05) is 11.3 Å². The number of benzene rings is 2. The van der Waals surface area contributed by atoms with Gasteiger partial charge in [-0.05, 0) is 74.9 Å². The molecule has 1 aliphatic carbocycles. The maximum Gasteiger partial charge on any atom is 0.415 e. The number of carbonyl (C=O) groups is 2. The summed E-state index contributed by atoms with van der Waals surface area (Å²) >= 11 is 0. The van der Waals surface area contributed by atoms with Crippen molar-refractivity contribution < 1.29 is 14.3 Å². The summed E-state index contributed by atoms with van der Waals surface area (Å²) in [6, 6.07) is 15.3. The van der Waals surface area contributed by atoms with Gasteiger partial charge in [-0.3, -0.25) is 9.69 Å². The van der Waals surface area contributed by atoms with Gasteiger partial charge in [0.2, 0.25) is 5.91 Å². The number of nitrogens with zero attached hydrogens (tertiary/aromatic N) is 1. The molecule has 160 valence electrons. The van der Waals surface area contributed by atoms with Gasteiger partial charge in [0.05, 0.1) is 6.54 Å². The van der Waals surface area contributed by atoms with Crippen LogP contribution in [-0.4, -0.2) is 17.6 Å². The summed E-state index contributed by atoms with van der Waals surface area (Å²) in [4.78, 5) is 25.9. The molecule has 0 heterocycles. The molecule has 0 aromatic heterocycles. The number of ether oxygens (including phenoxy) is 1. The fourth-order valence-corrected chi connectivity index (χ4v) is 3.90. The number of amides is 2. The topological polar surface area (TPSA) is 72.6 Å². The molecule has 0 saturated heterocycles. The van der Waals surface area contributed by atoms with Crippen LogP contribution < -0.4 is 10.6 Å². The van der Waals surface area contributed by atoms with E-state index in [-0.39, 0.29) is 0 Å². The summed E-state index contributed by atoms with van der Waals surface area (Å²) in [6.45, 7) is 5.92. The monoisotopic (exact) mass is 408 g/mol. The SMILES string of the molecule is CC(C)(C)OC(=O)N(Cc1ccc(C(N)=O)cc1)c1ccc(C2CCCCC2)cc1. The molecule has 0 spiro atoms. The molecule has 3 rings (SSSR count). The standard InChI is InChI=1S/C25H32N2O3/c1-25(2,3)30-24(29)27(17-18-9-11-21(12-10-18)23(26)28)22-15-13-20(14-16-22)19-7-5-4-6-8-19/h9-16,19H,4-8,17H2,1-3H3,(H2,26,28). The summed E-state index contributed by atoms with van der Waals surface area (Å²) in [5, 5.41) is 0. The maximum atomic E-state index is 13.0. The second-order valence-electron chi connectivity index (χ2n) is 9.05. The number of primary amides is 1. The molecule has 1 fully saturated rings. The van der Waals surface area contributed by atoms with Crippen LogP contribution in [0.4, 0.5) is 10.5 Å². The lowest BCUT2D eigenvalue weighted by atomic mass is 9.84. The van der Waals surface area contributed by atoms with Gasteiger partial charge in [-0.15, -0.1) is 0 Å². The molecule has 2 N–H and O–H groups in total. The van der Waals surface area contributed by atoms with Crippen molar-refractivity contribution >= 4 is 17.7 Å². The molecule has 5 heteroatoms. The Morgan fingerprint density at radius 3 is 2.10 bits per heavy atom. The average molecular weight is 409 g/mol. The number of nitrogens with two attached hydrogens (primary N) is 1. The first kappa shape index (κ1) is 21.9. The zero-order valence-corrected chi connectivity index (χ0v) is 18.2. The Labute approximate surface area is 179 Å². The van der Waals surface area contributed by atoms with Crippen LogP contribution in [0.2, 0.25) is 0 Å². The largest absolute Gasteiger partial charge is 0.443 e. The van der Waals surface area contributed by atoms with Gasteiger partial charge in [0.25, 0.3) is 0 Å². The minimum atomic E-state index is -0.590. The predicted molar refractivity (Wildman–Crippen MR) is 120 cm³/mol. The van der Waals surface area contributed by atoms with E-state index < -0.39 is 17.6 Å². The van der Waals surface area contributed by atoms with Crippen molar-refractivity contribution in [2.24, 2.45) is 5.73 Å². The van der Waals surface area contributed by atoms with E-state index in [0.717, 1.165) is 11.3 Å². The number of carbonyl (C=O) groups excluding carboxylic acids is 2. The Morgan fingerprint density at radius 1 is 0.967 bits per heavy atom. The quantitative estimate of drug-likeness (QED) is 0.682. The molecule has 0 bridgehead atoms. The van der Waals surface area contributed by atoms with E-state index >= 15 is 0 Å². The first-order chi connectivity index (χ1) is 14.2. The van der Waals surface area contributed by atoms with Crippen LogP contribution in [0.15, 0.2) is 48.5 Å². The highest BCUT2D eigenvalue weighted by Crippen LogP contribution is 2.33. The molecule has 0 radical (unpaired) electrons. The van der Waals surface area contributed by atoms with Crippen LogP contribution in [0, 0.1) is 0 Å². The van der Waals surface area contributed by atoms with Crippen LogP contribution in [0.25, 0.3) is 0 Å². The average Bonchev–Trinajstić information content (AvgIpc) is 2.72. The Balaban J connectivity index is 1.83. The van der Waals surface area contributed by atoms with Crippen molar-refractivity contribution in [2.45, 2.75) is 70.9 Å². The number of hydrogen-bond acceptors (Lipinski definition) is 3. The van der Waals surface area contributed by atoms with Gasteiger partial charge >= 0.3 is 6.09 Å². The van der Waals surface area contributed by atoms with E-state index in [2.05, 4.69) is 12.1 Å². The second kappa shape index (κ2) is 9.33. The zero-order chi connectivity index (χ0) is 21.7. The molecular weight excluding hydrogens is 376 g/mol. The lowest BCUT2D eigenvalue weighted by molar-refractivity contribution is 0.0577. The van der Waals surface area contributed by atoms with Crippen LogP contribution >= 0.6 is 0 Å². The summed E-state index contributed by atoms with van der Waals surface area (Å²) in [5.41, 5.74) is 8.21. The first-order valence-electron chi connectivity index (χ1n) is 10.7. The smallest absolute Gasteiger partial charge is 0.415 e. The van der Waals surface area contributed by atoms with Crippen molar-refractivity contribution in [3.05, 3.63) is 65.2 Å². The normalized spacial score (nSPS) is 14.9.